The van der Waals surface area contributed by atoms with Gasteiger partial charge in [-0.05, 0) is 36.7 Å². The molecule has 0 atom stereocenters. The Labute approximate surface area is 122 Å². The molecular weight excluding hydrogens is 272 g/mol. The van der Waals surface area contributed by atoms with Crippen molar-refractivity contribution in [1.82, 2.24) is 4.90 Å². The summed E-state index contributed by atoms with van der Waals surface area (Å²) in [5.41, 5.74) is 0.906. The lowest BCUT2D eigenvalue weighted by molar-refractivity contribution is -0.113. The average Bonchev–Trinajstić information content (AvgIpc) is 3.10. The minimum Gasteiger partial charge on any atom is -0.496 e. The van der Waals surface area contributed by atoms with Gasteiger partial charge in [-0.25, -0.2) is 0 Å². The summed E-state index contributed by atoms with van der Waals surface area (Å²) in [6.07, 6.45) is 4.22. The van der Waals surface area contributed by atoms with Gasteiger partial charge in [0.25, 0.3) is 5.91 Å². The molecule has 0 bridgehead atoms. The summed E-state index contributed by atoms with van der Waals surface area (Å²) in [5, 5.41) is 0.841. The van der Waals surface area contributed by atoms with E-state index in [4.69, 9.17) is 4.74 Å². The van der Waals surface area contributed by atoms with Crippen molar-refractivity contribution in [2.75, 3.05) is 20.2 Å². The molecule has 5 heteroatoms. The van der Waals surface area contributed by atoms with Crippen LogP contribution in [0, 0.1) is 0 Å². The lowest BCUT2D eigenvalue weighted by Crippen LogP contribution is -2.23. The van der Waals surface area contributed by atoms with Gasteiger partial charge in [0.1, 0.15) is 5.75 Å². The largest absolute Gasteiger partial charge is 0.496 e. The molecule has 3 rings (SSSR count). The molecule has 0 aliphatic carbocycles. The molecule has 104 valence electrons. The second-order valence-corrected chi connectivity index (χ2v) is 5.76. The van der Waals surface area contributed by atoms with Crippen LogP contribution in [0.4, 0.5) is 0 Å². The Balaban J connectivity index is 1.82. The molecule has 0 unspecified atom stereocenters. The van der Waals surface area contributed by atoms with Crippen LogP contribution in [0.5, 0.6) is 5.75 Å². The third kappa shape index (κ3) is 2.58. The van der Waals surface area contributed by atoms with Crippen LogP contribution < -0.4 is 4.74 Å². The highest BCUT2D eigenvalue weighted by molar-refractivity contribution is 8.18. The number of amidine groups is 1. The van der Waals surface area contributed by atoms with Crippen molar-refractivity contribution in [1.29, 1.82) is 0 Å². The Morgan fingerprint density at radius 3 is 2.80 bits per heavy atom. The van der Waals surface area contributed by atoms with Gasteiger partial charge in [0.05, 0.1) is 12.0 Å². The van der Waals surface area contributed by atoms with Crippen LogP contribution in [0.15, 0.2) is 34.2 Å². The maximum absolute atomic E-state index is 12.0. The molecule has 2 aliphatic heterocycles. The highest BCUT2D eigenvalue weighted by Gasteiger charge is 2.27. The molecule has 1 amide bonds. The van der Waals surface area contributed by atoms with Crippen LogP contribution in [0.3, 0.4) is 0 Å². The Morgan fingerprint density at radius 2 is 2.05 bits per heavy atom. The van der Waals surface area contributed by atoms with Crippen LogP contribution in [-0.2, 0) is 4.79 Å². The Kier molecular flexibility index (Phi) is 3.78. The summed E-state index contributed by atoms with van der Waals surface area (Å²) in [6.45, 7) is 2.00. The van der Waals surface area contributed by atoms with Crippen molar-refractivity contribution in [3.05, 3.63) is 34.7 Å². The molecule has 1 aromatic carbocycles. The summed E-state index contributed by atoms with van der Waals surface area (Å²) < 4.78 is 5.30. The first-order chi connectivity index (χ1) is 9.78. The molecule has 1 aromatic rings. The molecular formula is C15H16N2O2S. The first-order valence-corrected chi connectivity index (χ1v) is 7.50. The first kappa shape index (κ1) is 13.2. The number of carbonyl (C=O) groups is 1. The molecule has 1 saturated heterocycles. The number of nitrogens with zero attached hydrogens (tertiary/aromatic N) is 2. The Hall–Kier alpha value is -1.75. The van der Waals surface area contributed by atoms with Gasteiger partial charge in [-0.2, -0.15) is 4.99 Å². The van der Waals surface area contributed by atoms with Crippen molar-refractivity contribution in [2.45, 2.75) is 12.8 Å². The van der Waals surface area contributed by atoms with E-state index >= 15 is 0 Å². The number of benzene rings is 1. The van der Waals surface area contributed by atoms with Crippen LogP contribution in [0.1, 0.15) is 18.4 Å². The maximum atomic E-state index is 12.0. The zero-order valence-corrected chi connectivity index (χ0v) is 12.2. The SMILES string of the molecule is COc1ccccc1/C=C1\SC(N2CCCC2)=NC1=O. The van der Waals surface area contributed by atoms with Crippen LogP contribution in [0.25, 0.3) is 6.08 Å². The summed E-state index contributed by atoms with van der Waals surface area (Å²) in [7, 11) is 1.63. The molecule has 1 fully saturated rings. The van der Waals surface area contributed by atoms with Crippen molar-refractivity contribution in [2.24, 2.45) is 4.99 Å². The van der Waals surface area contributed by atoms with Crippen molar-refractivity contribution < 1.29 is 9.53 Å². The summed E-state index contributed by atoms with van der Waals surface area (Å²) in [6, 6.07) is 7.67. The summed E-state index contributed by atoms with van der Waals surface area (Å²) in [4.78, 5) is 19.0. The second kappa shape index (κ2) is 5.71. The number of likely N-dealkylation sites (tertiary alicyclic amines) is 1. The predicted molar refractivity (Wildman–Crippen MR) is 81.8 cm³/mol. The van der Waals surface area contributed by atoms with E-state index in [1.54, 1.807) is 7.11 Å². The number of thioether (sulfide) groups is 1. The molecule has 4 nitrogen and oxygen atoms in total. The average molecular weight is 288 g/mol. The van der Waals surface area contributed by atoms with Gasteiger partial charge in [-0.15, -0.1) is 0 Å². The molecule has 0 spiro atoms. The third-order valence-corrected chi connectivity index (χ3v) is 4.46. The highest BCUT2D eigenvalue weighted by Crippen LogP contribution is 2.33. The molecule has 2 heterocycles. The molecule has 0 radical (unpaired) electrons. The number of rotatable bonds is 2. The van der Waals surface area contributed by atoms with Crippen molar-refractivity contribution in [3.63, 3.8) is 0 Å². The topological polar surface area (TPSA) is 41.9 Å². The number of hydrogen-bond acceptors (Lipinski definition) is 4. The van der Waals surface area contributed by atoms with Gasteiger partial charge in [0, 0.05) is 18.7 Å². The van der Waals surface area contributed by atoms with Gasteiger partial charge in [-0.3, -0.25) is 4.79 Å². The van der Waals surface area contributed by atoms with E-state index in [0.29, 0.717) is 4.91 Å². The van der Waals surface area contributed by atoms with E-state index in [1.807, 2.05) is 30.3 Å². The van der Waals surface area contributed by atoms with Gasteiger partial charge in [0.15, 0.2) is 5.17 Å². The Morgan fingerprint density at radius 1 is 1.30 bits per heavy atom. The Bertz CT molecular complexity index is 589. The quantitative estimate of drug-likeness (QED) is 0.785. The normalized spacial score (nSPS) is 20.6. The number of ether oxygens (including phenoxy) is 1. The van der Waals surface area contributed by atoms with Gasteiger partial charge in [-0.1, -0.05) is 18.2 Å². The van der Waals surface area contributed by atoms with Gasteiger partial charge >= 0.3 is 0 Å². The predicted octanol–water partition coefficient (Wildman–Crippen LogP) is 2.76. The van der Waals surface area contributed by atoms with E-state index in [-0.39, 0.29) is 5.91 Å². The number of hydrogen-bond donors (Lipinski definition) is 0. The minimum absolute atomic E-state index is 0.150. The van der Waals surface area contributed by atoms with Crippen molar-refractivity contribution in [3.8, 4) is 5.75 Å². The first-order valence-electron chi connectivity index (χ1n) is 6.68. The zero-order chi connectivity index (χ0) is 13.9. The van der Waals surface area contributed by atoms with Gasteiger partial charge < -0.3 is 9.64 Å². The number of para-hydroxylation sites is 1. The summed E-state index contributed by atoms with van der Waals surface area (Å²) >= 11 is 1.46. The minimum atomic E-state index is -0.150. The second-order valence-electron chi connectivity index (χ2n) is 4.75. The molecule has 20 heavy (non-hydrogen) atoms. The molecule has 0 saturated carbocycles. The molecule has 0 N–H and O–H groups in total. The lowest BCUT2D eigenvalue weighted by atomic mass is 10.2. The van der Waals surface area contributed by atoms with E-state index in [0.717, 1.165) is 29.6 Å². The lowest BCUT2D eigenvalue weighted by Gasteiger charge is -2.14. The van der Waals surface area contributed by atoms with Crippen LogP contribution >= 0.6 is 11.8 Å². The monoisotopic (exact) mass is 288 g/mol. The fourth-order valence-electron chi connectivity index (χ4n) is 2.37. The zero-order valence-electron chi connectivity index (χ0n) is 11.3. The standard InChI is InChI=1S/C15H16N2O2S/c1-19-12-7-3-2-6-11(12)10-13-14(18)16-15(20-13)17-8-4-5-9-17/h2-3,6-7,10H,4-5,8-9H2,1H3/b13-10-. The smallest absolute Gasteiger partial charge is 0.286 e. The van der Waals surface area contributed by atoms with E-state index in [1.165, 1.54) is 24.6 Å². The van der Waals surface area contributed by atoms with Crippen LogP contribution in [-0.4, -0.2) is 36.2 Å². The summed E-state index contributed by atoms with van der Waals surface area (Å²) in [5.74, 6) is 0.617. The number of carbonyl (C=O) groups excluding carboxylic acids is 1. The van der Waals surface area contributed by atoms with E-state index in [9.17, 15) is 4.79 Å². The van der Waals surface area contributed by atoms with E-state index in [2.05, 4.69) is 9.89 Å². The number of amides is 1. The highest BCUT2D eigenvalue weighted by atomic mass is 32.2. The van der Waals surface area contributed by atoms with Crippen LogP contribution in [0.2, 0.25) is 0 Å². The number of methoxy groups -OCH3 is 1. The fraction of sp³-hybridized carbons (Fsp3) is 0.333. The maximum Gasteiger partial charge on any atom is 0.286 e. The van der Waals surface area contributed by atoms with Crippen molar-refractivity contribution >= 4 is 28.9 Å². The fourth-order valence-corrected chi connectivity index (χ4v) is 3.32. The van der Waals surface area contributed by atoms with E-state index < -0.39 is 0 Å². The van der Waals surface area contributed by atoms with Gasteiger partial charge in [0.2, 0.25) is 0 Å². The number of aliphatic imine (C=N–C) groups is 1. The molecule has 2 aliphatic rings. The molecule has 0 aromatic heterocycles. The third-order valence-electron chi connectivity index (χ3n) is 3.41.